The van der Waals surface area contributed by atoms with E-state index in [2.05, 4.69) is 538 Å². The average Bonchev–Trinajstić information content (AvgIpc) is 1.58. The summed E-state index contributed by atoms with van der Waals surface area (Å²) in [6.45, 7) is 0. The highest BCUT2D eigenvalue weighted by molar-refractivity contribution is 7.26. The third-order valence-electron chi connectivity index (χ3n) is 29.1. The first-order valence-electron chi connectivity index (χ1n) is 49.6. The van der Waals surface area contributed by atoms with Crippen molar-refractivity contribution in [3.8, 4) is 118 Å². The highest BCUT2D eigenvalue weighted by atomic mass is 32.1. The van der Waals surface area contributed by atoms with Crippen LogP contribution in [0.2, 0.25) is 0 Å². The minimum absolute atomic E-state index is 0.663. The highest BCUT2D eigenvalue weighted by Gasteiger charge is 2.25. The van der Waals surface area contributed by atoms with Gasteiger partial charge in [-0.15, -0.1) is 11.3 Å². The van der Waals surface area contributed by atoms with Crippen molar-refractivity contribution in [3.05, 3.63) is 528 Å². The predicted molar refractivity (Wildman–Crippen MR) is 614 cm³/mol. The highest BCUT2D eigenvalue weighted by Crippen LogP contribution is 2.47. The van der Waals surface area contributed by atoms with E-state index in [9.17, 15) is 0 Å². The Morgan fingerprint density at radius 3 is 0.856 bits per heavy atom. The Hall–Kier alpha value is -19.3. The molecule has 0 unspecified atom stereocenters. The number of nitrogens with zero attached hydrogens (tertiary/aromatic N) is 9. The molecule has 0 fully saturated rings. The first kappa shape index (κ1) is 84.8. The van der Waals surface area contributed by atoms with Crippen molar-refractivity contribution < 1.29 is 0 Å². The quantitative estimate of drug-likeness (QED) is 0.115. The molecule has 146 heavy (non-hydrogen) atoms. The lowest BCUT2D eigenvalue weighted by Crippen LogP contribution is -2.03. The number of benzene rings is 21. The van der Waals surface area contributed by atoms with Crippen molar-refractivity contribution >= 4 is 162 Å². The summed E-state index contributed by atoms with van der Waals surface area (Å²) in [6.07, 6.45) is 0. The molecule has 0 spiro atoms. The van der Waals surface area contributed by atoms with Crippen molar-refractivity contribution in [3.63, 3.8) is 0 Å². The number of rotatable bonds is 13. The number of para-hydroxylation sites is 9. The van der Waals surface area contributed by atoms with Crippen molar-refractivity contribution in [1.29, 1.82) is 0 Å². The zero-order valence-corrected chi connectivity index (χ0v) is 80.0. The molecule has 9 aromatic heterocycles. The molecule has 0 aliphatic rings. The first-order valence-corrected chi connectivity index (χ1v) is 50.4. The number of hydrogen-bond acceptors (Lipinski definition) is 5. The van der Waals surface area contributed by atoms with Crippen molar-refractivity contribution in [2.75, 3.05) is 0 Å². The SMILES string of the molecule is c1ccc(-c2cc(-c3ccccc3)nc(-n3c4ccccc4c4cc(-c5cccc6c5sc5ccccc56)ccc43)n2)cc1.c1ccc(-c2cc(-n3c4ccccc4c4cc(-c5ccc6c(c5)c5ccccc5n6-c5ccccc5)ccc43)nc3ccccc23)cc1.c1ccc(-c2ccc(-c3cc(-n4c5ccccc5c5cc(-c6ccc7c(c6)c6ccccc6n7-c6ccccc6)ccc54)nc4ccccc34)cc2)cc1. The number of fused-ring (bicyclic) bond motifs is 20. The summed E-state index contributed by atoms with van der Waals surface area (Å²) in [5, 5.41) is 17.1. The van der Waals surface area contributed by atoms with E-state index in [0.717, 1.165) is 89.1 Å². The van der Waals surface area contributed by atoms with E-state index in [0.29, 0.717) is 5.95 Å². The third kappa shape index (κ3) is 14.6. The van der Waals surface area contributed by atoms with Crippen LogP contribution < -0.4 is 0 Å². The Morgan fingerprint density at radius 1 is 0.151 bits per heavy atom. The molecule has 0 atom stereocenters. The van der Waals surface area contributed by atoms with Gasteiger partial charge in [-0.3, -0.25) is 13.7 Å². The van der Waals surface area contributed by atoms with Gasteiger partial charge in [0.1, 0.15) is 11.6 Å². The molecule has 0 radical (unpaired) electrons. The van der Waals surface area contributed by atoms with Crippen molar-refractivity contribution in [2.24, 2.45) is 0 Å². The molecule has 0 saturated heterocycles. The van der Waals surface area contributed by atoms with Crippen LogP contribution in [-0.4, -0.2) is 42.8 Å². The standard InChI is InChI=1S/C51H33N3.C45H29N3.C40H25N3S/c1-3-13-34(14-4-1)35-23-25-36(26-24-35)43-33-51(52-46-20-10-7-17-40(43)46)54-48-22-12-9-19-42(48)45-32-38(28-30-50(45)54)37-27-29-49-44(31-37)41-18-8-11-21-47(41)53(49)39-15-5-2-6-16-39;1-3-13-30(14-4-1)37-29-45(46-40-20-10-7-17-34(37)40)48-42-22-12-9-19-36(42)39-28-32(24-26-44(39)48)31-23-25-43-38(27-31)35-18-8-11-21-41(35)47(43)33-15-5-2-6-16-33;1-3-12-26(13-4-1)34-25-35(27-14-5-2-6-15-27)42-40(41-34)43-36-20-9-7-16-30(36)33-24-28(22-23-37(33)43)29-18-11-19-32-31-17-8-10-21-38(31)44-39(29)32/h1-33H;1-29H;1-25H. The second kappa shape index (κ2) is 35.5. The van der Waals surface area contributed by atoms with Crippen LogP contribution in [0.1, 0.15) is 0 Å². The molecule has 0 aliphatic heterocycles. The summed E-state index contributed by atoms with van der Waals surface area (Å²) in [4.78, 5) is 20.9. The average molecular weight is 1880 g/mol. The zero-order valence-electron chi connectivity index (χ0n) is 79.2. The zero-order chi connectivity index (χ0) is 96.2. The van der Waals surface area contributed by atoms with Crippen LogP contribution >= 0.6 is 11.3 Å². The van der Waals surface area contributed by atoms with Crippen LogP contribution in [0.25, 0.3) is 269 Å². The van der Waals surface area contributed by atoms with E-state index in [1.165, 1.54) is 174 Å². The molecule has 9 heterocycles. The van der Waals surface area contributed by atoms with Gasteiger partial charge in [0.2, 0.25) is 5.95 Å². The molecule has 30 rings (SSSR count). The van der Waals surface area contributed by atoms with E-state index >= 15 is 0 Å². The Labute approximate surface area is 844 Å². The Kier molecular flexibility index (Phi) is 20.6. The second-order valence-electron chi connectivity index (χ2n) is 37.4. The number of aromatic nitrogens is 9. The van der Waals surface area contributed by atoms with Crippen LogP contribution in [0.4, 0.5) is 0 Å². The van der Waals surface area contributed by atoms with Crippen LogP contribution in [-0.2, 0) is 0 Å². The third-order valence-corrected chi connectivity index (χ3v) is 30.3. The summed E-state index contributed by atoms with van der Waals surface area (Å²) in [6, 6.07) is 189. The van der Waals surface area contributed by atoms with E-state index in [1.54, 1.807) is 0 Å². The van der Waals surface area contributed by atoms with Gasteiger partial charge in [0.15, 0.2) is 0 Å². The Bertz CT molecular complexity index is 10300. The summed E-state index contributed by atoms with van der Waals surface area (Å²) >= 11 is 1.87. The van der Waals surface area contributed by atoms with Crippen LogP contribution in [0.15, 0.2) is 528 Å². The normalized spacial score (nSPS) is 11.7. The molecular formula is C136H87N9S. The summed E-state index contributed by atoms with van der Waals surface area (Å²) < 4.78 is 14.2. The van der Waals surface area contributed by atoms with Gasteiger partial charge in [-0.05, 0) is 218 Å². The number of hydrogen-bond donors (Lipinski definition) is 0. The van der Waals surface area contributed by atoms with E-state index in [4.69, 9.17) is 19.9 Å². The smallest absolute Gasteiger partial charge is 0.235 e. The largest absolute Gasteiger partial charge is 0.309 e. The monoisotopic (exact) mass is 1880 g/mol. The lowest BCUT2D eigenvalue weighted by molar-refractivity contribution is 0.995. The van der Waals surface area contributed by atoms with Gasteiger partial charge in [0.05, 0.1) is 77.6 Å². The molecule has 0 bridgehead atoms. The molecule has 10 heteroatoms. The number of pyridine rings is 2. The fraction of sp³-hybridized carbons (Fsp3) is 0. The van der Waals surface area contributed by atoms with E-state index < -0.39 is 0 Å². The molecule has 0 N–H and O–H groups in total. The fourth-order valence-corrected chi connectivity index (χ4v) is 23.6. The Morgan fingerprint density at radius 2 is 0.432 bits per heavy atom. The van der Waals surface area contributed by atoms with Gasteiger partial charge >= 0.3 is 0 Å². The lowest BCUT2D eigenvalue weighted by atomic mass is 9.98. The minimum atomic E-state index is 0.663. The number of thiophene rings is 1. The first-order chi connectivity index (χ1) is 72.4. The van der Waals surface area contributed by atoms with E-state index in [-0.39, 0.29) is 0 Å². The van der Waals surface area contributed by atoms with Crippen LogP contribution in [0, 0.1) is 0 Å². The fourth-order valence-electron chi connectivity index (χ4n) is 22.3. The molecule has 9 nitrogen and oxygen atoms in total. The summed E-state index contributed by atoms with van der Waals surface area (Å²) in [7, 11) is 0. The molecule has 0 amide bonds. The van der Waals surface area contributed by atoms with Crippen molar-refractivity contribution in [2.45, 2.75) is 0 Å². The van der Waals surface area contributed by atoms with E-state index in [1.807, 2.05) is 23.5 Å². The maximum atomic E-state index is 5.30. The molecule has 0 saturated carbocycles. The van der Waals surface area contributed by atoms with Crippen molar-refractivity contribution in [1.82, 2.24) is 42.8 Å². The second-order valence-corrected chi connectivity index (χ2v) is 38.5. The van der Waals surface area contributed by atoms with Crippen LogP contribution in [0.3, 0.4) is 0 Å². The predicted octanol–water partition coefficient (Wildman–Crippen LogP) is 36.1. The summed E-state index contributed by atoms with van der Waals surface area (Å²) in [5.41, 5.74) is 34.2. The summed E-state index contributed by atoms with van der Waals surface area (Å²) in [5.74, 6) is 2.49. The van der Waals surface area contributed by atoms with Gasteiger partial charge < -0.3 is 9.13 Å². The van der Waals surface area contributed by atoms with Gasteiger partial charge in [-0.2, -0.15) is 0 Å². The lowest BCUT2D eigenvalue weighted by Gasteiger charge is -2.13. The Balaban J connectivity index is 0.000000107. The van der Waals surface area contributed by atoms with Gasteiger partial charge in [-0.25, -0.2) is 19.9 Å². The molecular weight excluding hydrogens is 1790 g/mol. The minimum Gasteiger partial charge on any atom is -0.309 e. The van der Waals surface area contributed by atoms with Crippen LogP contribution in [0.5, 0.6) is 0 Å². The molecule has 21 aromatic carbocycles. The van der Waals surface area contributed by atoms with Gasteiger partial charge in [0.25, 0.3) is 0 Å². The molecule has 30 aromatic rings. The maximum absolute atomic E-state index is 5.30. The molecule has 682 valence electrons. The van der Waals surface area contributed by atoms with Gasteiger partial charge in [0, 0.05) is 107 Å². The topological polar surface area (TPSA) is 76.2 Å². The van der Waals surface area contributed by atoms with Gasteiger partial charge in [-0.1, -0.05) is 376 Å². The maximum Gasteiger partial charge on any atom is 0.235 e. The molecule has 0 aliphatic carbocycles.